The standard InChI is InChI=1S/C16H18N4/c17-10-13-9-12-7-8-18-11-15(12)20-16(13)19-14-5-3-1-2-4-6-14/h7-9,11,14H,1-6H2,(H,19,20). The van der Waals surface area contributed by atoms with E-state index in [1.165, 1.54) is 25.7 Å². The fraction of sp³-hybridized carbons (Fsp3) is 0.438. The van der Waals surface area contributed by atoms with Gasteiger partial charge in [0.2, 0.25) is 0 Å². The number of nitriles is 1. The first-order chi connectivity index (χ1) is 9.86. The van der Waals surface area contributed by atoms with Crippen LogP contribution in [0.3, 0.4) is 0 Å². The second-order valence-corrected chi connectivity index (χ2v) is 5.40. The highest BCUT2D eigenvalue weighted by atomic mass is 15.0. The average molecular weight is 266 g/mol. The highest BCUT2D eigenvalue weighted by Crippen LogP contribution is 2.24. The fourth-order valence-corrected chi connectivity index (χ4v) is 2.83. The molecule has 20 heavy (non-hydrogen) atoms. The van der Waals surface area contributed by atoms with Crippen molar-refractivity contribution in [3.8, 4) is 6.07 Å². The molecule has 102 valence electrons. The second-order valence-electron chi connectivity index (χ2n) is 5.40. The fourth-order valence-electron chi connectivity index (χ4n) is 2.83. The van der Waals surface area contributed by atoms with Crippen LogP contribution in [-0.2, 0) is 0 Å². The Balaban J connectivity index is 1.91. The van der Waals surface area contributed by atoms with E-state index >= 15 is 0 Å². The van der Waals surface area contributed by atoms with E-state index in [9.17, 15) is 5.26 Å². The van der Waals surface area contributed by atoms with Gasteiger partial charge >= 0.3 is 0 Å². The first kappa shape index (κ1) is 12.9. The molecule has 0 atom stereocenters. The zero-order valence-electron chi connectivity index (χ0n) is 11.5. The molecule has 0 spiro atoms. The molecule has 1 aliphatic rings. The maximum absolute atomic E-state index is 9.32. The zero-order chi connectivity index (χ0) is 13.8. The third kappa shape index (κ3) is 2.72. The molecule has 2 heterocycles. The summed E-state index contributed by atoms with van der Waals surface area (Å²) in [7, 11) is 0. The Morgan fingerprint density at radius 1 is 1.20 bits per heavy atom. The number of pyridine rings is 2. The Morgan fingerprint density at radius 3 is 2.75 bits per heavy atom. The second kappa shape index (κ2) is 5.87. The molecule has 0 unspecified atom stereocenters. The molecule has 3 rings (SSSR count). The van der Waals surface area contributed by atoms with Gasteiger partial charge in [-0.3, -0.25) is 4.98 Å². The predicted molar refractivity (Wildman–Crippen MR) is 79.4 cm³/mol. The van der Waals surface area contributed by atoms with Crippen molar-refractivity contribution in [2.75, 3.05) is 5.32 Å². The number of hydrogen-bond acceptors (Lipinski definition) is 4. The van der Waals surface area contributed by atoms with Crippen molar-refractivity contribution in [3.05, 3.63) is 30.1 Å². The topological polar surface area (TPSA) is 61.6 Å². The van der Waals surface area contributed by atoms with E-state index in [-0.39, 0.29) is 0 Å². The summed E-state index contributed by atoms with van der Waals surface area (Å²) in [5, 5.41) is 13.7. The van der Waals surface area contributed by atoms with Crippen molar-refractivity contribution in [1.29, 1.82) is 5.26 Å². The Bertz CT molecular complexity index is 636. The molecule has 1 aliphatic carbocycles. The number of hydrogen-bond donors (Lipinski definition) is 1. The van der Waals surface area contributed by atoms with Gasteiger partial charge in [-0.25, -0.2) is 4.98 Å². The molecule has 0 bridgehead atoms. The molecule has 0 amide bonds. The minimum Gasteiger partial charge on any atom is -0.366 e. The van der Waals surface area contributed by atoms with Crippen molar-refractivity contribution in [2.45, 2.75) is 44.6 Å². The van der Waals surface area contributed by atoms with Crippen molar-refractivity contribution in [1.82, 2.24) is 9.97 Å². The molecular weight excluding hydrogens is 248 g/mol. The lowest BCUT2D eigenvalue weighted by atomic mass is 10.1. The van der Waals surface area contributed by atoms with Gasteiger partial charge in [0.05, 0.1) is 17.3 Å². The lowest BCUT2D eigenvalue weighted by molar-refractivity contribution is 0.618. The van der Waals surface area contributed by atoms with Crippen molar-refractivity contribution in [2.24, 2.45) is 0 Å². The SMILES string of the molecule is N#Cc1cc2ccncc2nc1NC1CCCCCC1. The van der Waals surface area contributed by atoms with E-state index in [2.05, 4.69) is 21.4 Å². The molecule has 1 saturated carbocycles. The largest absolute Gasteiger partial charge is 0.366 e. The van der Waals surface area contributed by atoms with E-state index in [0.29, 0.717) is 17.4 Å². The van der Waals surface area contributed by atoms with Crippen LogP contribution in [0.4, 0.5) is 5.82 Å². The van der Waals surface area contributed by atoms with Crippen LogP contribution in [0.2, 0.25) is 0 Å². The quantitative estimate of drug-likeness (QED) is 0.843. The summed E-state index contributed by atoms with van der Waals surface area (Å²) < 4.78 is 0. The van der Waals surface area contributed by atoms with Gasteiger partial charge in [0, 0.05) is 17.6 Å². The molecule has 0 aromatic carbocycles. The predicted octanol–water partition coefficient (Wildman–Crippen LogP) is 3.64. The summed E-state index contributed by atoms with van der Waals surface area (Å²) in [6.45, 7) is 0. The third-order valence-electron chi connectivity index (χ3n) is 3.94. The number of rotatable bonds is 2. The Hall–Kier alpha value is -2.15. The molecule has 2 aromatic rings. The molecular formula is C16H18N4. The summed E-state index contributed by atoms with van der Waals surface area (Å²) in [5.74, 6) is 0.708. The van der Waals surface area contributed by atoms with Gasteiger partial charge in [-0.2, -0.15) is 5.26 Å². The van der Waals surface area contributed by atoms with E-state index in [4.69, 9.17) is 0 Å². The Morgan fingerprint density at radius 2 is 2.00 bits per heavy atom. The average Bonchev–Trinajstić information content (AvgIpc) is 2.75. The lowest BCUT2D eigenvalue weighted by Crippen LogP contribution is -2.19. The first-order valence-electron chi connectivity index (χ1n) is 7.28. The molecule has 2 aromatic heterocycles. The van der Waals surface area contributed by atoms with Crippen molar-refractivity contribution in [3.63, 3.8) is 0 Å². The van der Waals surface area contributed by atoms with E-state index in [1.54, 1.807) is 12.4 Å². The molecule has 0 radical (unpaired) electrons. The van der Waals surface area contributed by atoms with E-state index in [1.807, 2.05) is 12.1 Å². The number of nitrogens with one attached hydrogen (secondary N) is 1. The van der Waals surface area contributed by atoms with Gasteiger partial charge in [-0.05, 0) is 25.0 Å². The van der Waals surface area contributed by atoms with Gasteiger partial charge in [0.25, 0.3) is 0 Å². The normalized spacial score (nSPS) is 16.6. The number of aromatic nitrogens is 2. The van der Waals surface area contributed by atoms with Crippen molar-refractivity contribution < 1.29 is 0 Å². The van der Waals surface area contributed by atoms with E-state index < -0.39 is 0 Å². The maximum atomic E-state index is 9.32. The summed E-state index contributed by atoms with van der Waals surface area (Å²) in [4.78, 5) is 8.67. The first-order valence-corrected chi connectivity index (χ1v) is 7.28. The Kier molecular flexibility index (Phi) is 3.78. The highest BCUT2D eigenvalue weighted by molar-refractivity contribution is 5.82. The number of anilines is 1. The molecule has 4 nitrogen and oxygen atoms in total. The third-order valence-corrected chi connectivity index (χ3v) is 3.94. The number of nitrogens with zero attached hydrogens (tertiary/aromatic N) is 3. The molecule has 0 saturated heterocycles. The van der Waals surface area contributed by atoms with Crippen LogP contribution in [0.15, 0.2) is 24.5 Å². The Labute approximate surface area is 118 Å². The minimum atomic E-state index is 0.436. The maximum Gasteiger partial charge on any atom is 0.144 e. The van der Waals surface area contributed by atoms with Gasteiger partial charge in [0.1, 0.15) is 11.9 Å². The van der Waals surface area contributed by atoms with Crippen LogP contribution >= 0.6 is 0 Å². The summed E-state index contributed by atoms with van der Waals surface area (Å²) in [5.41, 5.74) is 1.45. The van der Waals surface area contributed by atoms with Crippen LogP contribution in [0.5, 0.6) is 0 Å². The van der Waals surface area contributed by atoms with Crippen LogP contribution in [0.1, 0.15) is 44.1 Å². The van der Waals surface area contributed by atoms with Gasteiger partial charge in [0.15, 0.2) is 0 Å². The summed E-state index contributed by atoms with van der Waals surface area (Å²) >= 11 is 0. The summed E-state index contributed by atoms with van der Waals surface area (Å²) in [6, 6.07) is 6.46. The van der Waals surface area contributed by atoms with Crippen LogP contribution in [0.25, 0.3) is 10.9 Å². The van der Waals surface area contributed by atoms with Gasteiger partial charge in [-0.15, -0.1) is 0 Å². The molecule has 4 heteroatoms. The van der Waals surface area contributed by atoms with Crippen LogP contribution in [0, 0.1) is 11.3 Å². The van der Waals surface area contributed by atoms with Crippen LogP contribution in [-0.4, -0.2) is 16.0 Å². The van der Waals surface area contributed by atoms with Gasteiger partial charge in [-0.1, -0.05) is 25.7 Å². The van der Waals surface area contributed by atoms with Crippen LogP contribution < -0.4 is 5.32 Å². The zero-order valence-corrected chi connectivity index (χ0v) is 11.5. The lowest BCUT2D eigenvalue weighted by Gasteiger charge is -2.18. The van der Waals surface area contributed by atoms with E-state index in [0.717, 1.165) is 23.7 Å². The summed E-state index contributed by atoms with van der Waals surface area (Å²) in [6.07, 6.45) is 11.0. The van der Waals surface area contributed by atoms with Gasteiger partial charge < -0.3 is 5.32 Å². The minimum absolute atomic E-state index is 0.436. The van der Waals surface area contributed by atoms with Crippen molar-refractivity contribution >= 4 is 16.7 Å². The smallest absolute Gasteiger partial charge is 0.144 e. The highest BCUT2D eigenvalue weighted by Gasteiger charge is 2.15. The molecule has 0 aliphatic heterocycles. The molecule has 1 fully saturated rings. The number of fused-ring (bicyclic) bond motifs is 1. The molecule has 1 N–H and O–H groups in total. The monoisotopic (exact) mass is 266 g/mol.